The molecule has 1 saturated heterocycles. The van der Waals surface area contributed by atoms with Gasteiger partial charge < -0.3 is 9.84 Å². The number of aryl methyl sites for hydroxylation is 2. The molecule has 0 unspecified atom stereocenters. The first kappa shape index (κ1) is 14.4. The van der Waals surface area contributed by atoms with Gasteiger partial charge in [-0.2, -0.15) is 5.10 Å². The van der Waals surface area contributed by atoms with Crippen LogP contribution in [0, 0.1) is 6.92 Å². The van der Waals surface area contributed by atoms with Crippen molar-refractivity contribution in [2.24, 2.45) is 0 Å². The molecule has 0 bridgehead atoms. The van der Waals surface area contributed by atoms with Gasteiger partial charge in [0.2, 0.25) is 0 Å². The summed E-state index contributed by atoms with van der Waals surface area (Å²) in [5.41, 5.74) is 0.648. The number of rotatable bonds is 4. The van der Waals surface area contributed by atoms with Crippen molar-refractivity contribution in [2.45, 2.75) is 44.0 Å². The molecule has 2 atom stereocenters. The Bertz CT molecular complexity index is 540. The Labute approximate surface area is 112 Å². The number of aliphatic hydroxyl groups excluding tert-OH is 1. The van der Waals surface area contributed by atoms with Crippen molar-refractivity contribution < 1.29 is 18.3 Å². The maximum Gasteiger partial charge on any atom is 0.258 e. The third-order valence-corrected chi connectivity index (χ3v) is 4.57. The Morgan fingerprint density at radius 3 is 3.00 bits per heavy atom. The lowest BCUT2D eigenvalue weighted by atomic mass is 10.1. The van der Waals surface area contributed by atoms with E-state index in [9.17, 15) is 13.5 Å². The molecule has 2 rings (SSSR count). The quantitative estimate of drug-likeness (QED) is 0.789. The lowest BCUT2D eigenvalue weighted by Crippen LogP contribution is -2.48. The second-order valence-corrected chi connectivity index (χ2v) is 6.26. The van der Waals surface area contributed by atoms with Gasteiger partial charge in [-0.1, -0.05) is 0 Å². The van der Waals surface area contributed by atoms with Gasteiger partial charge in [-0.25, -0.2) is 13.1 Å². The fraction of sp³-hybridized carbons (Fsp3) is 0.727. The van der Waals surface area contributed by atoms with E-state index < -0.39 is 22.2 Å². The van der Waals surface area contributed by atoms with E-state index in [0.29, 0.717) is 25.3 Å². The largest absolute Gasteiger partial charge is 0.389 e. The third-order valence-electron chi connectivity index (χ3n) is 3.07. The number of sulfonamides is 1. The van der Waals surface area contributed by atoms with Gasteiger partial charge in [-0.05, 0) is 26.3 Å². The lowest BCUT2D eigenvalue weighted by molar-refractivity contribution is -0.0222. The standard InChI is InChI=1S/C11H19N3O4S/c1-3-14-11(6-8(2)12-14)19(16,17)13-9-4-5-18-7-10(9)15/h6,9-10,13,15H,3-5,7H2,1-2H3/t9-,10-/m1/s1. The smallest absolute Gasteiger partial charge is 0.258 e. The van der Waals surface area contributed by atoms with Crippen LogP contribution < -0.4 is 4.72 Å². The first-order valence-corrected chi connectivity index (χ1v) is 7.75. The van der Waals surface area contributed by atoms with Gasteiger partial charge in [0.15, 0.2) is 5.03 Å². The molecular formula is C11H19N3O4S. The van der Waals surface area contributed by atoms with Crippen LogP contribution in [0.3, 0.4) is 0 Å². The van der Waals surface area contributed by atoms with E-state index in [0.717, 1.165) is 0 Å². The second-order valence-electron chi connectivity index (χ2n) is 4.60. The van der Waals surface area contributed by atoms with Crippen LogP contribution in [0.5, 0.6) is 0 Å². The van der Waals surface area contributed by atoms with E-state index >= 15 is 0 Å². The summed E-state index contributed by atoms with van der Waals surface area (Å²) in [7, 11) is -3.68. The maximum absolute atomic E-state index is 12.3. The number of ether oxygens (including phenoxy) is 1. The van der Waals surface area contributed by atoms with Gasteiger partial charge in [0, 0.05) is 13.2 Å². The molecule has 0 aromatic carbocycles. The zero-order valence-corrected chi connectivity index (χ0v) is 11.9. The molecule has 0 spiro atoms. The maximum atomic E-state index is 12.3. The highest BCUT2D eigenvalue weighted by molar-refractivity contribution is 7.89. The molecule has 7 nitrogen and oxygen atoms in total. The van der Waals surface area contributed by atoms with Gasteiger partial charge in [-0.3, -0.25) is 4.68 Å². The molecule has 1 fully saturated rings. The van der Waals surface area contributed by atoms with Crippen molar-refractivity contribution >= 4 is 10.0 Å². The number of nitrogens with zero attached hydrogens (tertiary/aromatic N) is 2. The van der Waals surface area contributed by atoms with E-state index in [-0.39, 0.29) is 11.6 Å². The van der Waals surface area contributed by atoms with Crippen LogP contribution in [0.4, 0.5) is 0 Å². The van der Waals surface area contributed by atoms with E-state index in [1.807, 2.05) is 6.92 Å². The monoisotopic (exact) mass is 289 g/mol. The van der Waals surface area contributed by atoms with Crippen LogP contribution in [0.2, 0.25) is 0 Å². The Kier molecular flexibility index (Phi) is 4.24. The van der Waals surface area contributed by atoms with Crippen molar-refractivity contribution in [2.75, 3.05) is 13.2 Å². The second kappa shape index (κ2) is 5.58. The molecule has 0 radical (unpaired) electrons. The molecular weight excluding hydrogens is 270 g/mol. The molecule has 2 heterocycles. The zero-order valence-electron chi connectivity index (χ0n) is 11.0. The van der Waals surface area contributed by atoms with Crippen molar-refractivity contribution in [3.63, 3.8) is 0 Å². The summed E-state index contributed by atoms with van der Waals surface area (Å²) >= 11 is 0. The molecule has 0 aliphatic carbocycles. The van der Waals surface area contributed by atoms with Gasteiger partial charge in [0.05, 0.1) is 24.4 Å². The number of hydrogen-bond acceptors (Lipinski definition) is 5. The highest BCUT2D eigenvalue weighted by Crippen LogP contribution is 2.15. The van der Waals surface area contributed by atoms with Crippen LogP contribution in [0.25, 0.3) is 0 Å². The molecule has 1 aromatic rings. The Morgan fingerprint density at radius 1 is 1.63 bits per heavy atom. The van der Waals surface area contributed by atoms with Crippen molar-refractivity contribution in [1.29, 1.82) is 0 Å². The predicted molar refractivity (Wildman–Crippen MR) is 68.2 cm³/mol. The molecule has 1 aliphatic rings. The number of aliphatic hydroxyl groups is 1. The van der Waals surface area contributed by atoms with Gasteiger partial charge in [-0.15, -0.1) is 0 Å². The fourth-order valence-corrected chi connectivity index (χ4v) is 3.65. The highest BCUT2D eigenvalue weighted by Gasteiger charge is 2.30. The van der Waals surface area contributed by atoms with E-state index in [1.54, 1.807) is 6.92 Å². The molecule has 1 aliphatic heterocycles. The summed E-state index contributed by atoms with van der Waals surface area (Å²) in [5, 5.41) is 14.0. The van der Waals surface area contributed by atoms with Gasteiger partial charge in [0.1, 0.15) is 0 Å². The minimum absolute atomic E-state index is 0.131. The third kappa shape index (κ3) is 3.14. The van der Waals surface area contributed by atoms with Crippen LogP contribution in [-0.4, -0.2) is 48.7 Å². The first-order chi connectivity index (χ1) is 8.94. The van der Waals surface area contributed by atoms with Crippen LogP contribution in [0.1, 0.15) is 19.0 Å². The van der Waals surface area contributed by atoms with Crippen molar-refractivity contribution in [3.8, 4) is 0 Å². The lowest BCUT2D eigenvalue weighted by Gasteiger charge is -2.28. The van der Waals surface area contributed by atoms with Crippen LogP contribution in [-0.2, 0) is 21.3 Å². The number of aromatic nitrogens is 2. The van der Waals surface area contributed by atoms with Crippen LogP contribution >= 0.6 is 0 Å². The zero-order chi connectivity index (χ0) is 14.0. The number of hydrogen-bond donors (Lipinski definition) is 2. The summed E-state index contributed by atoms with van der Waals surface area (Å²) in [6.45, 7) is 4.64. The Balaban J connectivity index is 2.22. The average Bonchev–Trinajstić information content (AvgIpc) is 2.74. The number of nitrogens with one attached hydrogen (secondary N) is 1. The average molecular weight is 289 g/mol. The summed E-state index contributed by atoms with van der Waals surface area (Å²) < 4.78 is 33.7. The summed E-state index contributed by atoms with van der Waals surface area (Å²) in [4.78, 5) is 0. The minimum Gasteiger partial charge on any atom is -0.389 e. The van der Waals surface area contributed by atoms with Gasteiger partial charge >= 0.3 is 0 Å². The Morgan fingerprint density at radius 2 is 2.37 bits per heavy atom. The normalized spacial score (nSPS) is 24.6. The summed E-state index contributed by atoms with van der Waals surface area (Å²) in [6.07, 6.45) is -0.359. The molecule has 19 heavy (non-hydrogen) atoms. The molecule has 0 saturated carbocycles. The molecule has 2 N–H and O–H groups in total. The Hall–Kier alpha value is -0.960. The molecule has 1 aromatic heterocycles. The summed E-state index contributed by atoms with van der Waals surface area (Å²) in [6, 6.07) is 1.01. The fourth-order valence-electron chi connectivity index (χ4n) is 2.08. The van der Waals surface area contributed by atoms with Crippen LogP contribution in [0.15, 0.2) is 11.1 Å². The minimum atomic E-state index is -3.68. The van der Waals surface area contributed by atoms with E-state index in [1.165, 1.54) is 10.7 Å². The SMILES string of the molecule is CCn1nc(C)cc1S(=O)(=O)N[C@@H]1CCOC[C@H]1O. The molecule has 0 amide bonds. The summed E-state index contributed by atoms with van der Waals surface area (Å²) in [5.74, 6) is 0. The van der Waals surface area contributed by atoms with E-state index in [4.69, 9.17) is 4.74 Å². The van der Waals surface area contributed by atoms with Crippen molar-refractivity contribution in [3.05, 3.63) is 11.8 Å². The molecule has 8 heteroatoms. The first-order valence-electron chi connectivity index (χ1n) is 6.26. The predicted octanol–water partition coefficient (Wildman–Crippen LogP) is -0.360. The van der Waals surface area contributed by atoms with Crippen molar-refractivity contribution in [1.82, 2.24) is 14.5 Å². The molecule has 108 valence electrons. The highest BCUT2D eigenvalue weighted by atomic mass is 32.2. The topological polar surface area (TPSA) is 93.5 Å². The van der Waals surface area contributed by atoms with Gasteiger partial charge in [0.25, 0.3) is 10.0 Å². The van der Waals surface area contributed by atoms with E-state index in [2.05, 4.69) is 9.82 Å².